The first-order valence-electron chi connectivity index (χ1n) is 12.9. The average Bonchev–Trinajstić information content (AvgIpc) is 3.45. The molecule has 0 spiro atoms. The predicted molar refractivity (Wildman–Crippen MR) is 143 cm³/mol. The smallest absolute Gasteiger partial charge is 0.419 e. The molecule has 1 saturated carbocycles. The summed E-state index contributed by atoms with van der Waals surface area (Å²) in [7, 11) is -4.33. The number of nitrogens with two attached hydrogens (primary N) is 1. The number of rotatable bonds is 10. The molecule has 11 heteroatoms. The van der Waals surface area contributed by atoms with Crippen LogP contribution in [0, 0.1) is 5.92 Å². The van der Waals surface area contributed by atoms with Crippen LogP contribution >= 0.6 is 0 Å². The van der Waals surface area contributed by atoms with E-state index >= 15 is 0 Å². The van der Waals surface area contributed by atoms with Crippen molar-refractivity contribution < 1.29 is 35.9 Å². The van der Waals surface area contributed by atoms with Crippen LogP contribution in [0.4, 0.5) is 13.2 Å². The Morgan fingerprint density at radius 2 is 1.75 bits per heavy atom. The van der Waals surface area contributed by atoms with Crippen LogP contribution in [0.5, 0.6) is 11.5 Å². The van der Waals surface area contributed by atoms with Crippen molar-refractivity contribution in [3.8, 4) is 11.5 Å². The monoisotopic (exact) mass is 576 g/mol. The van der Waals surface area contributed by atoms with Gasteiger partial charge in [0.2, 0.25) is 0 Å². The van der Waals surface area contributed by atoms with Crippen LogP contribution in [-0.4, -0.2) is 20.9 Å². The summed E-state index contributed by atoms with van der Waals surface area (Å²) < 4.78 is 80.5. The van der Waals surface area contributed by atoms with Crippen molar-refractivity contribution in [1.29, 1.82) is 0 Å². The molecule has 1 atom stereocenters. The lowest BCUT2D eigenvalue weighted by Crippen LogP contribution is -2.30. The minimum atomic E-state index is -4.87. The Morgan fingerprint density at radius 1 is 1.05 bits per heavy atom. The second kappa shape index (κ2) is 12.3. The van der Waals surface area contributed by atoms with Gasteiger partial charge < -0.3 is 15.2 Å². The number of sulfonamides is 1. The van der Waals surface area contributed by atoms with Gasteiger partial charge in [-0.3, -0.25) is 4.79 Å². The van der Waals surface area contributed by atoms with Gasteiger partial charge in [0.25, 0.3) is 15.9 Å². The first kappa shape index (κ1) is 29.4. The maximum Gasteiger partial charge on any atom is 0.419 e. The first-order chi connectivity index (χ1) is 19.0. The molecule has 1 aliphatic rings. The van der Waals surface area contributed by atoms with Gasteiger partial charge in [0.05, 0.1) is 17.1 Å². The van der Waals surface area contributed by atoms with Crippen molar-refractivity contribution in [2.75, 3.05) is 6.61 Å². The number of alkyl halides is 3. The Labute approximate surface area is 231 Å². The largest absolute Gasteiger partial charge is 0.493 e. The molecule has 40 heavy (non-hydrogen) atoms. The topological polar surface area (TPSA) is 108 Å². The molecule has 0 radical (unpaired) electrons. The third-order valence-corrected chi connectivity index (χ3v) is 8.18. The SMILES string of the molecule is CC(Oc1ccc(C(=O)NS(=O)(=O)c2ccc(CN)cc2)cc1C(F)(F)F)c1cccc(OCC2CCCC2)c1. The maximum absolute atomic E-state index is 14.0. The number of carbonyl (C=O) groups is 1. The van der Waals surface area contributed by atoms with Gasteiger partial charge >= 0.3 is 6.18 Å². The summed E-state index contributed by atoms with van der Waals surface area (Å²) in [4.78, 5) is 12.4. The molecule has 4 rings (SSSR count). The summed E-state index contributed by atoms with van der Waals surface area (Å²) in [5, 5.41) is 0. The Hall–Kier alpha value is -3.57. The van der Waals surface area contributed by atoms with E-state index in [0.717, 1.165) is 25.0 Å². The van der Waals surface area contributed by atoms with Crippen LogP contribution in [0.3, 0.4) is 0 Å². The van der Waals surface area contributed by atoms with Gasteiger partial charge in [-0.15, -0.1) is 0 Å². The fourth-order valence-corrected chi connectivity index (χ4v) is 5.52. The van der Waals surface area contributed by atoms with Crippen molar-refractivity contribution >= 4 is 15.9 Å². The Bertz CT molecular complexity index is 1440. The first-order valence-corrected chi connectivity index (χ1v) is 14.4. The molecule has 0 heterocycles. The van der Waals surface area contributed by atoms with Crippen LogP contribution in [0.1, 0.15) is 65.8 Å². The summed E-state index contributed by atoms with van der Waals surface area (Å²) >= 11 is 0. The third-order valence-electron chi connectivity index (χ3n) is 6.84. The van der Waals surface area contributed by atoms with Gasteiger partial charge in [0.1, 0.15) is 17.6 Å². The molecular weight excluding hydrogens is 545 g/mol. The van der Waals surface area contributed by atoms with Crippen LogP contribution in [0.25, 0.3) is 0 Å². The van der Waals surface area contributed by atoms with Gasteiger partial charge in [-0.25, -0.2) is 13.1 Å². The van der Waals surface area contributed by atoms with E-state index in [0.29, 0.717) is 35.5 Å². The van der Waals surface area contributed by atoms with E-state index in [1.165, 1.54) is 37.1 Å². The van der Waals surface area contributed by atoms with E-state index in [4.69, 9.17) is 15.2 Å². The zero-order chi connectivity index (χ0) is 28.9. The number of nitrogens with one attached hydrogen (secondary N) is 1. The standard InChI is InChI=1S/C29H31F3N2O5S/c1-19(22-7-4-8-24(15-22)38-18-21-5-2-3-6-21)39-27-14-11-23(16-26(27)29(30,31)32)28(35)34-40(36,37)25-12-9-20(17-33)10-13-25/h4,7-16,19,21H,2-3,5-6,17-18,33H2,1H3,(H,34,35). The normalized spacial score (nSPS) is 15.0. The fraction of sp³-hybridized carbons (Fsp3) is 0.345. The van der Waals surface area contributed by atoms with Gasteiger partial charge in [0.15, 0.2) is 0 Å². The molecule has 0 aromatic heterocycles. The molecule has 7 nitrogen and oxygen atoms in total. The minimum Gasteiger partial charge on any atom is -0.493 e. The summed E-state index contributed by atoms with van der Waals surface area (Å²) in [5.41, 5.74) is 5.10. The molecule has 3 aromatic rings. The summed E-state index contributed by atoms with van der Waals surface area (Å²) in [5.74, 6) is -0.579. The van der Waals surface area contributed by atoms with Crippen molar-refractivity contribution in [2.24, 2.45) is 11.7 Å². The van der Waals surface area contributed by atoms with Crippen LogP contribution in [-0.2, 0) is 22.7 Å². The van der Waals surface area contributed by atoms with Crippen LogP contribution in [0.15, 0.2) is 71.6 Å². The van der Waals surface area contributed by atoms with E-state index in [1.807, 2.05) is 4.72 Å². The molecular formula is C29H31F3N2O5S. The molecule has 3 N–H and O–H groups in total. The lowest BCUT2D eigenvalue weighted by Gasteiger charge is -2.20. The second-order valence-corrected chi connectivity index (χ2v) is 11.5. The second-order valence-electron chi connectivity index (χ2n) is 9.79. The van der Waals surface area contributed by atoms with Crippen molar-refractivity contribution in [1.82, 2.24) is 4.72 Å². The van der Waals surface area contributed by atoms with Gasteiger partial charge in [-0.05, 0) is 79.3 Å². The lowest BCUT2D eigenvalue weighted by atomic mass is 10.1. The van der Waals surface area contributed by atoms with Crippen molar-refractivity contribution in [2.45, 2.75) is 56.3 Å². The molecule has 0 bridgehead atoms. The van der Waals surface area contributed by atoms with Crippen molar-refractivity contribution in [3.63, 3.8) is 0 Å². The number of carbonyl (C=O) groups excluding carboxylic acids is 1. The highest BCUT2D eigenvalue weighted by Gasteiger charge is 2.36. The predicted octanol–water partition coefficient (Wildman–Crippen LogP) is 5.99. The number of hydrogen-bond donors (Lipinski definition) is 2. The van der Waals surface area contributed by atoms with Crippen LogP contribution < -0.4 is 19.9 Å². The molecule has 0 saturated heterocycles. The zero-order valence-corrected chi connectivity index (χ0v) is 22.7. The van der Waals surface area contributed by atoms with E-state index in [9.17, 15) is 26.4 Å². The van der Waals surface area contributed by atoms with Crippen LogP contribution in [0.2, 0.25) is 0 Å². The zero-order valence-electron chi connectivity index (χ0n) is 21.9. The molecule has 214 valence electrons. The maximum atomic E-state index is 14.0. The molecule has 1 fully saturated rings. The highest BCUT2D eigenvalue weighted by Crippen LogP contribution is 2.39. The summed E-state index contributed by atoms with van der Waals surface area (Å²) in [6.45, 7) is 2.40. The lowest BCUT2D eigenvalue weighted by molar-refractivity contribution is -0.139. The van der Waals surface area contributed by atoms with E-state index in [1.54, 1.807) is 31.2 Å². The molecule has 3 aromatic carbocycles. The molecule has 0 aliphatic heterocycles. The Morgan fingerprint density at radius 3 is 2.40 bits per heavy atom. The fourth-order valence-electron chi connectivity index (χ4n) is 4.55. The number of ether oxygens (including phenoxy) is 2. The van der Waals surface area contributed by atoms with Gasteiger partial charge in [0, 0.05) is 12.1 Å². The summed E-state index contributed by atoms with van der Waals surface area (Å²) in [6.07, 6.45) is -0.996. The third kappa shape index (κ3) is 7.33. The number of amides is 1. The summed E-state index contributed by atoms with van der Waals surface area (Å²) in [6, 6.07) is 15.1. The molecule has 1 aliphatic carbocycles. The van der Waals surface area contributed by atoms with Gasteiger partial charge in [-0.1, -0.05) is 37.1 Å². The molecule has 1 unspecified atom stereocenters. The highest BCUT2D eigenvalue weighted by atomic mass is 32.2. The quantitative estimate of drug-likeness (QED) is 0.307. The Kier molecular flexibility index (Phi) is 9.05. The van der Waals surface area contributed by atoms with E-state index in [2.05, 4.69) is 0 Å². The Balaban J connectivity index is 1.50. The number of benzene rings is 3. The molecule has 1 amide bonds. The minimum absolute atomic E-state index is 0.194. The highest BCUT2D eigenvalue weighted by molar-refractivity contribution is 7.90. The van der Waals surface area contributed by atoms with E-state index in [-0.39, 0.29) is 11.4 Å². The van der Waals surface area contributed by atoms with E-state index < -0.39 is 45.1 Å². The number of hydrogen-bond acceptors (Lipinski definition) is 6. The average molecular weight is 577 g/mol. The number of halogens is 3. The van der Waals surface area contributed by atoms with Gasteiger partial charge in [-0.2, -0.15) is 13.2 Å². The van der Waals surface area contributed by atoms with Crippen molar-refractivity contribution in [3.05, 3.63) is 89.0 Å².